The summed E-state index contributed by atoms with van der Waals surface area (Å²) in [6, 6.07) is 7.73. The van der Waals surface area contributed by atoms with E-state index in [4.69, 9.17) is 12.8 Å². The molecule has 0 heterocycles. The van der Waals surface area contributed by atoms with E-state index < -0.39 is 42.0 Å². The lowest BCUT2D eigenvalue weighted by molar-refractivity contribution is -0.137. The van der Waals surface area contributed by atoms with Gasteiger partial charge in [0.05, 0.1) is 18.1 Å². The molecule has 1 aliphatic carbocycles. The predicted octanol–water partition coefficient (Wildman–Crippen LogP) is 2.35. The van der Waals surface area contributed by atoms with Crippen LogP contribution in [-0.4, -0.2) is 96.3 Å². The van der Waals surface area contributed by atoms with Crippen LogP contribution in [0, 0.1) is 36.5 Å². The third-order valence-corrected chi connectivity index (χ3v) is 8.41. The van der Waals surface area contributed by atoms with Gasteiger partial charge in [-0.3, -0.25) is 14.4 Å². The molecule has 1 aliphatic rings. The van der Waals surface area contributed by atoms with E-state index in [-0.39, 0.29) is 31.6 Å². The molecule has 2 rings (SSSR count). The van der Waals surface area contributed by atoms with E-state index in [1.54, 1.807) is 11.9 Å². The molecule has 3 amide bonds. The molecule has 242 valence electrons. The van der Waals surface area contributed by atoms with Crippen molar-refractivity contribution in [3.05, 3.63) is 35.9 Å². The van der Waals surface area contributed by atoms with Gasteiger partial charge in [0.15, 0.2) is 0 Å². The van der Waals surface area contributed by atoms with Crippen molar-refractivity contribution in [2.24, 2.45) is 11.8 Å². The monoisotopic (exact) mass is 608 g/mol. The van der Waals surface area contributed by atoms with Crippen molar-refractivity contribution < 1.29 is 24.6 Å². The number of likely N-dealkylation sites (N-methyl/N-ethyl adjacent to an activating group) is 2. The number of terminal acetylenes is 2. The molecule has 4 N–H and O–H groups in total. The van der Waals surface area contributed by atoms with Crippen molar-refractivity contribution in [3.8, 4) is 24.7 Å². The van der Waals surface area contributed by atoms with Crippen molar-refractivity contribution in [1.82, 2.24) is 20.4 Å². The average molecular weight is 609 g/mol. The number of benzene rings is 1. The molecule has 1 aromatic carbocycles. The molecular formula is C35H52N4O5. The number of nitrogens with one attached hydrogen (secondary N) is 2. The fraction of sp³-hybridized carbons (Fsp3) is 0.629. The van der Waals surface area contributed by atoms with E-state index in [1.165, 1.54) is 0 Å². The number of carbonyl (C=O) groups excluding carboxylic acids is 3. The van der Waals surface area contributed by atoms with Crippen LogP contribution in [0.15, 0.2) is 30.3 Å². The summed E-state index contributed by atoms with van der Waals surface area (Å²) in [7, 11) is 5.58. The molecule has 9 heteroatoms. The fourth-order valence-corrected chi connectivity index (χ4v) is 5.64. The summed E-state index contributed by atoms with van der Waals surface area (Å²) in [5.41, 5.74) is 0.902. The van der Waals surface area contributed by atoms with E-state index in [1.807, 2.05) is 49.3 Å². The average Bonchev–Trinajstić information content (AvgIpc) is 3.01. The topological polar surface area (TPSA) is 122 Å². The van der Waals surface area contributed by atoms with Crippen LogP contribution in [-0.2, 0) is 20.8 Å². The second kappa shape index (κ2) is 19.8. The summed E-state index contributed by atoms with van der Waals surface area (Å²) in [6.45, 7) is 1.21. The van der Waals surface area contributed by atoms with Gasteiger partial charge >= 0.3 is 0 Å². The first-order valence-electron chi connectivity index (χ1n) is 15.8. The summed E-state index contributed by atoms with van der Waals surface area (Å²) in [5.74, 6) is 3.42. The number of rotatable bonds is 18. The summed E-state index contributed by atoms with van der Waals surface area (Å²) < 4.78 is 0. The summed E-state index contributed by atoms with van der Waals surface area (Å²) in [6.07, 6.45) is 14.9. The Labute approximate surface area is 264 Å². The van der Waals surface area contributed by atoms with E-state index in [2.05, 4.69) is 22.5 Å². The number of aliphatic hydroxyl groups excluding tert-OH is 2. The molecule has 5 atom stereocenters. The zero-order valence-electron chi connectivity index (χ0n) is 26.7. The van der Waals surface area contributed by atoms with E-state index in [9.17, 15) is 24.6 Å². The molecule has 1 saturated carbocycles. The Bertz CT molecular complexity index is 1110. The van der Waals surface area contributed by atoms with Gasteiger partial charge in [0.25, 0.3) is 0 Å². The van der Waals surface area contributed by atoms with Gasteiger partial charge in [0.1, 0.15) is 12.1 Å². The maximum absolute atomic E-state index is 13.7. The highest BCUT2D eigenvalue weighted by atomic mass is 16.3. The Morgan fingerprint density at radius 1 is 0.955 bits per heavy atom. The van der Waals surface area contributed by atoms with Gasteiger partial charge < -0.3 is 30.6 Å². The summed E-state index contributed by atoms with van der Waals surface area (Å²) >= 11 is 0. The lowest BCUT2D eigenvalue weighted by Crippen LogP contribution is -2.56. The standard InChI is InChI=1S/C35H52N4O5/c1-6-8-20-29(35(44)37-30(33(42)31(40)15-7-2)24-27-18-13-10-14-19-27)36-34(43)28(23-26-16-11-9-12-17-26)25-32(41)39(5)22-21-38(3)4/h1-2,9,11-12,16-17,27-31,33,40,42H,8,10,13-15,18-25H2,3-5H3,(H,36,43)(H,37,44)/t28?,29-,30?,31?,33+/m0/s1. The molecule has 9 nitrogen and oxygen atoms in total. The lowest BCUT2D eigenvalue weighted by atomic mass is 9.82. The second-order valence-corrected chi connectivity index (χ2v) is 12.3. The Kier molecular flexibility index (Phi) is 16.6. The maximum atomic E-state index is 13.7. The van der Waals surface area contributed by atoms with Crippen LogP contribution < -0.4 is 10.6 Å². The molecule has 0 aromatic heterocycles. The van der Waals surface area contributed by atoms with Crippen LogP contribution in [0.5, 0.6) is 0 Å². The first kappa shape index (κ1) is 36.8. The fourth-order valence-electron chi connectivity index (χ4n) is 5.64. The molecule has 1 aromatic rings. The maximum Gasteiger partial charge on any atom is 0.242 e. The lowest BCUT2D eigenvalue weighted by Gasteiger charge is -2.33. The number of hydrogen-bond acceptors (Lipinski definition) is 6. The minimum absolute atomic E-state index is 0.0184. The highest BCUT2D eigenvalue weighted by molar-refractivity contribution is 5.91. The molecule has 3 unspecified atom stereocenters. The molecule has 0 radical (unpaired) electrons. The van der Waals surface area contributed by atoms with Gasteiger partial charge in [0.2, 0.25) is 17.7 Å². The highest BCUT2D eigenvalue weighted by Gasteiger charge is 2.34. The van der Waals surface area contributed by atoms with Gasteiger partial charge in [-0.05, 0) is 44.8 Å². The van der Waals surface area contributed by atoms with Crippen LogP contribution in [0.4, 0.5) is 0 Å². The first-order valence-corrected chi connectivity index (χ1v) is 15.8. The van der Waals surface area contributed by atoms with Crippen molar-refractivity contribution in [2.75, 3.05) is 34.2 Å². The van der Waals surface area contributed by atoms with Crippen LogP contribution in [0.3, 0.4) is 0 Å². The smallest absolute Gasteiger partial charge is 0.242 e. The molecule has 0 aliphatic heterocycles. The van der Waals surface area contributed by atoms with Gasteiger partial charge in [-0.25, -0.2) is 0 Å². The van der Waals surface area contributed by atoms with Crippen molar-refractivity contribution >= 4 is 17.7 Å². The van der Waals surface area contributed by atoms with E-state index >= 15 is 0 Å². The quantitative estimate of drug-likeness (QED) is 0.190. The number of carbonyl (C=O) groups is 3. The molecule has 0 saturated heterocycles. The van der Waals surface area contributed by atoms with Crippen molar-refractivity contribution in [2.45, 2.75) is 94.9 Å². The van der Waals surface area contributed by atoms with E-state index in [0.29, 0.717) is 31.8 Å². The Hall–Kier alpha value is -3.37. The Morgan fingerprint density at radius 2 is 1.64 bits per heavy atom. The number of nitrogens with zero attached hydrogens (tertiary/aromatic N) is 2. The number of aliphatic hydroxyl groups is 2. The van der Waals surface area contributed by atoms with Crippen LogP contribution in [0.1, 0.15) is 69.8 Å². The molecule has 0 bridgehead atoms. The minimum atomic E-state index is -1.26. The molecule has 1 fully saturated rings. The van der Waals surface area contributed by atoms with Crippen LogP contribution >= 0.6 is 0 Å². The Balaban J connectivity index is 2.24. The highest BCUT2D eigenvalue weighted by Crippen LogP contribution is 2.28. The molecule has 0 spiro atoms. The molecular weight excluding hydrogens is 556 g/mol. The van der Waals surface area contributed by atoms with Crippen molar-refractivity contribution in [3.63, 3.8) is 0 Å². The van der Waals surface area contributed by atoms with E-state index in [0.717, 1.165) is 37.7 Å². The second-order valence-electron chi connectivity index (χ2n) is 12.3. The third kappa shape index (κ3) is 13.1. The molecule has 44 heavy (non-hydrogen) atoms. The van der Waals surface area contributed by atoms with Gasteiger partial charge in [-0.15, -0.1) is 24.7 Å². The summed E-state index contributed by atoms with van der Waals surface area (Å²) in [5, 5.41) is 27.3. The van der Waals surface area contributed by atoms with Crippen LogP contribution in [0.2, 0.25) is 0 Å². The Morgan fingerprint density at radius 3 is 2.25 bits per heavy atom. The SMILES string of the molecule is C#CCC[C@H](NC(=O)C(CC(=O)N(C)CCN(C)C)Cc1ccccc1)C(=O)NC(CC1CCCCC1)[C@@H](O)C(O)CC#C. The third-order valence-electron chi connectivity index (χ3n) is 8.41. The summed E-state index contributed by atoms with van der Waals surface area (Å²) in [4.78, 5) is 44.2. The van der Waals surface area contributed by atoms with Crippen LogP contribution in [0.25, 0.3) is 0 Å². The normalized spacial score (nSPS) is 16.9. The van der Waals surface area contributed by atoms with Gasteiger partial charge in [-0.1, -0.05) is 62.4 Å². The van der Waals surface area contributed by atoms with Gasteiger partial charge in [0, 0.05) is 39.4 Å². The predicted molar refractivity (Wildman–Crippen MR) is 173 cm³/mol. The zero-order valence-corrected chi connectivity index (χ0v) is 26.7. The largest absolute Gasteiger partial charge is 0.389 e. The number of amides is 3. The van der Waals surface area contributed by atoms with Gasteiger partial charge in [-0.2, -0.15) is 0 Å². The minimum Gasteiger partial charge on any atom is -0.389 e. The first-order chi connectivity index (χ1) is 21.0. The number of hydrogen-bond donors (Lipinski definition) is 4. The zero-order chi connectivity index (χ0) is 32.5. The van der Waals surface area contributed by atoms with Crippen molar-refractivity contribution in [1.29, 1.82) is 0 Å².